The summed E-state index contributed by atoms with van der Waals surface area (Å²) in [4.78, 5) is 20.3. The summed E-state index contributed by atoms with van der Waals surface area (Å²) in [5.74, 6) is 0.347. The van der Waals surface area contributed by atoms with E-state index in [2.05, 4.69) is 20.4 Å². The zero-order chi connectivity index (χ0) is 23.6. The Morgan fingerprint density at radius 3 is 2.60 bits per heavy atom. The van der Waals surface area contributed by atoms with Crippen molar-refractivity contribution < 1.29 is 13.9 Å². The summed E-state index contributed by atoms with van der Waals surface area (Å²) < 4.78 is 11.4. The van der Waals surface area contributed by atoms with Gasteiger partial charge >= 0.3 is 6.01 Å². The molecule has 0 aliphatic carbocycles. The van der Waals surface area contributed by atoms with E-state index in [1.165, 1.54) is 0 Å². The number of aromatic nitrogens is 2. The van der Waals surface area contributed by atoms with Crippen LogP contribution in [-0.2, 0) is 16.0 Å². The van der Waals surface area contributed by atoms with E-state index in [9.17, 15) is 4.79 Å². The number of benzene rings is 2. The Hall–Kier alpha value is -3.82. The second-order valence-corrected chi connectivity index (χ2v) is 9.24. The third-order valence-corrected chi connectivity index (χ3v) is 7.08. The van der Waals surface area contributed by atoms with Gasteiger partial charge in [-0.3, -0.25) is 9.79 Å². The SMILES string of the molecule is O=C1Cc2ccccc2C(c2ccccc2)=N[C@@H]1Nc1nnc(-c2ccsc2N2CCOCC2)o1. The van der Waals surface area contributed by atoms with Crippen LogP contribution in [0.4, 0.5) is 11.0 Å². The second kappa shape index (κ2) is 9.44. The Balaban J connectivity index is 1.30. The lowest BCUT2D eigenvalue weighted by Gasteiger charge is -2.28. The molecule has 0 bridgehead atoms. The van der Waals surface area contributed by atoms with Crippen LogP contribution in [0, 0.1) is 0 Å². The first-order valence-electron chi connectivity index (χ1n) is 11.5. The van der Waals surface area contributed by atoms with Crippen LogP contribution in [0.3, 0.4) is 0 Å². The average molecular weight is 486 g/mol. The summed E-state index contributed by atoms with van der Waals surface area (Å²) in [5, 5.41) is 14.6. The summed E-state index contributed by atoms with van der Waals surface area (Å²) in [7, 11) is 0. The van der Waals surface area contributed by atoms with Crippen LogP contribution in [0.15, 0.2) is 75.5 Å². The molecule has 1 atom stereocenters. The Bertz CT molecular complexity index is 1370. The lowest BCUT2D eigenvalue weighted by molar-refractivity contribution is -0.119. The van der Waals surface area contributed by atoms with Gasteiger partial charge in [-0.05, 0) is 17.0 Å². The fourth-order valence-electron chi connectivity index (χ4n) is 4.38. The quantitative estimate of drug-likeness (QED) is 0.456. The maximum absolute atomic E-state index is 13.2. The van der Waals surface area contributed by atoms with Gasteiger partial charge in [-0.15, -0.1) is 16.4 Å². The first-order valence-corrected chi connectivity index (χ1v) is 12.4. The second-order valence-electron chi connectivity index (χ2n) is 8.34. The normalized spacial score (nSPS) is 18.1. The molecule has 2 aromatic carbocycles. The van der Waals surface area contributed by atoms with E-state index < -0.39 is 6.17 Å². The molecule has 0 spiro atoms. The van der Waals surface area contributed by atoms with Gasteiger partial charge in [-0.2, -0.15) is 0 Å². The molecular formula is C26H23N5O3S. The number of ketones is 1. The number of nitrogens with one attached hydrogen (secondary N) is 1. The zero-order valence-corrected chi connectivity index (χ0v) is 19.7. The Morgan fingerprint density at radius 2 is 1.74 bits per heavy atom. The van der Waals surface area contributed by atoms with Gasteiger partial charge in [0, 0.05) is 30.6 Å². The Morgan fingerprint density at radius 1 is 0.943 bits per heavy atom. The topological polar surface area (TPSA) is 92.9 Å². The molecule has 1 N–H and O–H groups in total. The minimum absolute atomic E-state index is 0.0623. The van der Waals surface area contributed by atoms with E-state index in [1.54, 1.807) is 11.3 Å². The van der Waals surface area contributed by atoms with Crippen molar-refractivity contribution >= 4 is 33.8 Å². The highest BCUT2D eigenvalue weighted by molar-refractivity contribution is 7.14. The molecule has 1 saturated heterocycles. The molecule has 0 saturated carbocycles. The number of fused-ring (bicyclic) bond motifs is 1. The van der Waals surface area contributed by atoms with Crippen LogP contribution in [0.1, 0.15) is 16.7 Å². The predicted molar refractivity (Wildman–Crippen MR) is 135 cm³/mol. The number of hydrogen-bond acceptors (Lipinski definition) is 9. The zero-order valence-electron chi connectivity index (χ0n) is 18.9. The number of carbonyl (C=O) groups excluding carboxylic acids is 1. The molecule has 4 heterocycles. The van der Waals surface area contributed by atoms with Crippen molar-refractivity contribution in [3.05, 3.63) is 82.7 Å². The number of hydrogen-bond donors (Lipinski definition) is 1. The van der Waals surface area contributed by atoms with Crippen LogP contribution in [0.5, 0.6) is 0 Å². The number of nitrogens with zero attached hydrogens (tertiary/aromatic N) is 4. The highest BCUT2D eigenvalue weighted by atomic mass is 32.1. The molecule has 9 heteroatoms. The highest BCUT2D eigenvalue weighted by Gasteiger charge is 2.28. The van der Waals surface area contributed by atoms with Crippen molar-refractivity contribution in [3.63, 3.8) is 0 Å². The largest absolute Gasteiger partial charge is 0.403 e. The number of morpholine rings is 1. The third-order valence-electron chi connectivity index (χ3n) is 6.11. The molecule has 8 nitrogen and oxygen atoms in total. The van der Waals surface area contributed by atoms with Crippen LogP contribution in [0.25, 0.3) is 11.5 Å². The monoisotopic (exact) mass is 485 g/mol. The Kier molecular flexibility index (Phi) is 5.85. The lowest BCUT2D eigenvalue weighted by Crippen LogP contribution is -2.35. The molecule has 2 aliphatic rings. The Labute approximate surface area is 206 Å². The summed E-state index contributed by atoms with van der Waals surface area (Å²) >= 11 is 1.64. The molecule has 6 rings (SSSR count). The van der Waals surface area contributed by atoms with E-state index in [1.807, 2.05) is 66.0 Å². The number of carbonyl (C=O) groups is 1. The molecular weight excluding hydrogens is 462 g/mol. The van der Waals surface area contributed by atoms with E-state index in [-0.39, 0.29) is 18.2 Å². The third kappa shape index (κ3) is 4.36. The lowest BCUT2D eigenvalue weighted by atomic mass is 9.96. The summed E-state index contributed by atoms with van der Waals surface area (Å²) in [6.07, 6.45) is -0.576. The molecule has 0 amide bonds. The molecule has 1 fully saturated rings. The van der Waals surface area contributed by atoms with Crippen LogP contribution in [0.2, 0.25) is 0 Å². The molecule has 4 aromatic rings. The van der Waals surface area contributed by atoms with Crippen molar-refractivity contribution in [2.24, 2.45) is 4.99 Å². The van der Waals surface area contributed by atoms with E-state index in [0.717, 1.165) is 46.1 Å². The van der Waals surface area contributed by atoms with Gasteiger partial charge < -0.3 is 19.4 Å². The fourth-order valence-corrected chi connectivity index (χ4v) is 5.33. The molecule has 176 valence electrons. The first-order chi connectivity index (χ1) is 17.3. The number of anilines is 2. The maximum atomic E-state index is 13.2. The average Bonchev–Trinajstić information content (AvgIpc) is 3.55. The number of thiophene rings is 1. The van der Waals surface area contributed by atoms with Crippen molar-refractivity contribution in [3.8, 4) is 11.5 Å². The smallest absolute Gasteiger partial charge is 0.317 e. The number of Topliss-reactive ketones (excluding diaryl/α,β-unsaturated/α-hetero) is 1. The van der Waals surface area contributed by atoms with E-state index in [0.29, 0.717) is 19.1 Å². The summed E-state index contributed by atoms with van der Waals surface area (Å²) in [6.45, 7) is 3.03. The first kappa shape index (κ1) is 21.7. The van der Waals surface area contributed by atoms with Crippen LogP contribution < -0.4 is 10.2 Å². The summed E-state index contributed by atoms with van der Waals surface area (Å²) in [5.41, 5.74) is 4.49. The van der Waals surface area contributed by atoms with Gasteiger partial charge in [0.15, 0.2) is 11.9 Å². The van der Waals surface area contributed by atoms with E-state index >= 15 is 0 Å². The molecule has 0 unspecified atom stereocenters. The number of aliphatic imine (C=N–C) groups is 1. The van der Waals surface area contributed by atoms with Crippen molar-refractivity contribution in [1.29, 1.82) is 0 Å². The molecule has 2 aliphatic heterocycles. The summed E-state index contributed by atoms with van der Waals surface area (Å²) in [6, 6.07) is 19.9. The van der Waals surface area contributed by atoms with Gasteiger partial charge in [-0.25, -0.2) is 0 Å². The maximum Gasteiger partial charge on any atom is 0.317 e. The van der Waals surface area contributed by atoms with Gasteiger partial charge in [0.1, 0.15) is 5.00 Å². The number of ether oxygens (including phenoxy) is 1. The highest BCUT2D eigenvalue weighted by Crippen LogP contribution is 2.36. The molecule has 0 radical (unpaired) electrons. The molecule has 2 aromatic heterocycles. The van der Waals surface area contributed by atoms with Gasteiger partial charge in [-0.1, -0.05) is 59.7 Å². The van der Waals surface area contributed by atoms with Crippen molar-refractivity contribution in [1.82, 2.24) is 10.2 Å². The standard InChI is InChI=1S/C26H23N5O3S/c32-21-16-18-8-4-5-9-19(18)22(17-6-2-1-3-7-17)27-23(21)28-26-30-29-24(34-26)20-10-15-35-25(20)31-11-13-33-14-12-31/h1-10,15,23H,11-14,16H2,(H,28,30)/t23-/m1/s1. The fraction of sp³-hybridized carbons (Fsp3) is 0.231. The van der Waals surface area contributed by atoms with Gasteiger partial charge in [0.05, 0.1) is 24.5 Å². The van der Waals surface area contributed by atoms with Crippen LogP contribution in [-0.4, -0.2) is 54.2 Å². The van der Waals surface area contributed by atoms with E-state index in [4.69, 9.17) is 14.1 Å². The van der Waals surface area contributed by atoms with Gasteiger partial charge in [0.25, 0.3) is 5.89 Å². The van der Waals surface area contributed by atoms with Crippen molar-refractivity contribution in [2.45, 2.75) is 12.6 Å². The minimum atomic E-state index is -0.841. The predicted octanol–water partition coefficient (Wildman–Crippen LogP) is 4.04. The minimum Gasteiger partial charge on any atom is -0.403 e. The van der Waals surface area contributed by atoms with Crippen molar-refractivity contribution in [2.75, 3.05) is 36.5 Å². The number of rotatable bonds is 5. The molecule has 35 heavy (non-hydrogen) atoms. The van der Waals surface area contributed by atoms with Gasteiger partial charge in [0.2, 0.25) is 0 Å². The van der Waals surface area contributed by atoms with Crippen LogP contribution >= 0.6 is 11.3 Å².